The first-order chi connectivity index (χ1) is 23.2. The molecule has 1 unspecified atom stereocenters. The quantitative estimate of drug-likeness (QED) is 0.0410. The van der Waals surface area contributed by atoms with Gasteiger partial charge in [0.15, 0.2) is 0 Å². The molecule has 0 saturated carbocycles. The summed E-state index contributed by atoms with van der Waals surface area (Å²) in [6.45, 7) is 4.22. The summed E-state index contributed by atoms with van der Waals surface area (Å²) in [5.74, 6) is -1.57. The van der Waals surface area contributed by atoms with E-state index in [4.69, 9.17) is 13.8 Å². The zero-order valence-electron chi connectivity index (χ0n) is 28.8. The number of phenolic OH excluding ortho intramolecular Hbond substituents is 2. The van der Waals surface area contributed by atoms with E-state index in [1.807, 2.05) is 6.92 Å². The van der Waals surface area contributed by atoms with Gasteiger partial charge in [-0.15, -0.1) is 0 Å². The van der Waals surface area contributed by atoms with Gasteiger partial charge in [-0.05, 0) is 68.7 Å². The third-order valence-corrected chi connectivity index (χ3v) is 8.99. The Bertz CT molecular complexity index is 1450. The van der Waals surface area contributed by atoms with Crippen LogP contribution in [0.25, 0.3) is 0 Å². The summed E-state index contributed by atoms with van der Waals surface area (Å²) >= 11 is 0. The van der Waals surface area contributed by atoms with Gasteiger partial charge in [-0.2, -0.15) is 16.8 Å². The van der Waals surface area contributed by atoms with Crippen LogP contribution in [-0.2, 0) is 38.4 Å². The van der Waals surface area contributed by atoms with E-state index < -0.39 is 26.8 Å². The van der Waals surface area contributed by atoms with Gasteiger partial charge in [-0.25, -0.2) is 4.79 Å². The van der Waals surface area contributed by atoms with Crippen LogP contribution >= 0.6 is 0 Å². The fourth-order valence-corrected chi connectivity index (χ4v) is 6.52. The second-order valence-corrected chi connectivity index (χ2v) is 14.6. The lowest BCUT2D eigenvalue weighted by molar-refractivity contribution is 0.0251. The standard InChI is InChI=1S/C35H54O12S2/c1-3-5-6-7-8-9-10-14-17-21-32-33(24-28(36)25-34(32)37)35(38)45-29(18-4-2)20-16-13-11-12-15-19-27-22-30(46-48(39,40)41)26-31(23-27)47-49(42,43)44/h22-26,29,36-37H,3-21H2,1-2H3,(H,39,40,41)(H,42,43,44). The number of aryl methyl sites for hydroxylation is 1. The Labute approximate surface area is 292 Å². The largest absolute Gasteiger partial charge is 0.508 e. The van der Waals surface area contributed by atoms with Crippen molar-refractivity contribution in [2.24, 2.45) is 0 Å². The van der Waals surface area contributed by atoms with Crippen molar-refractivity contribution in [3.8, 4) is 23.0 Å². The molecule has 2 aromatic rings. The molecule has 0 saturated heterocycles. The van der Waals surface area contributed by atoms with Gasteiger partial charge in [0, 0.05) is 17.7 Å². The Morgan fingerprint density at radius 1 is 0.633 bits per heavy atom. The lowest BCUT2D eigenvalue weighted by Gasteiger charge is -2.19. The Hall–Kier alpha value is -3.07. The molecule has 2 aromatic carbocycles. The molecule has 0 aliphatic rings. The zero-order valence-corrected chi connectivity index (χ0v) is 30.4. The van der Waals surface area contributed by atoms with Gasteiger partial charge in [0.25, 0.3) is 0 Å². The van der Waals surface area contributed by atoms with Gasteiger partial charge in [-0.3, -0.25) is 9.11 Å². The predicted octanol–water partition coefficient (Wildman–Crippen LogP) is 8.44. The number of rotatable bonds is 26. The maximum absolute atomic E-state index is 13.3. The number of phenols is 2. The molecule has 12 nitrogen and oxygen atoms in total. The van der Waals surface area contributed by atoms with E-state index in [0.29, 0.717) is 43.2 Å². The summed E-state index contributed by atoms with van der Waals surface area (Å²) in [6, 6.07) is 6.19. The first-order valence-corrected chi connectivity index (χ1v) is 20.2. The number of esters is 1. The average molecular weight is 731 g/mol. The third-order valence-electron chi connectivity index (χ3n) is 8.18. The van der Waals surface area contributed by atoms with E-state index in [9.17, 15) is 31.8 Å². The first-order valence-electron chi connectivity index (χ1n) is 17.4. The highest BCUT2D eigenvalue weighted by atomic mass is 32.3. The molecule has 0 radical (unpaired) electrons. The molecule has 4 N–H and O–H groups in total. The van der Waals surface area contributed by atoms with Gasteiger partial charge in [0.2, 0.25) is 0 Å². The monoisotopic (exact) mass is 730 g/mol. The van der Waals surface area contributed by atoms with Crippen LogP contribution in [0.4, 0.5) is 0 Å². The molecule has 0 amide bonds. The molecule has 2 rings (SSSR count). The van der Waals surface area contributed by atoms with Crippen LogP contribution in [0.3, 0.4) is 0 Å². The first kappa shape index (κ1) is 42.1. The number of hydrogen-bond donors (Lipinski definition) is 4. The average Bonchev–Trinajstić information content (AvgIpc) is 2.98. The molecule has 0 spiro atoms. The highest BCUT2D eigenvalue weighted by Crippen LogP contribution is 2.31. The zero-order chi connectivity index (χ0) is 36.3. The maximum Gasteiger partial charge on any atom is 0.446 e. The number of ether oxygens (including phenoxy) is 1. The molecular weight excluding hydrogens is 677 g/mol. The molecule has 278 valence electrons. The smallest absolute Gasteiger partial charge is 0.446 e. The highest BCUT2D eigenvalue weighted by molar-refractivity contribution is 7.81. The van der Waals surface area contributed by atoms with Gasteiger partial charge in [-0.1, -0.05) is 90.9 Å². The predicted molar refractivity (Wildman–Crippen MR) is 187 cm³/mol. The Morgan fingerprint density at radius 2 is 1.14 bits per heavy atom. The summed E-state index contributed by atoms with van der Waals surface area (Å²) in [4.78, 5) is 13.3. The molecule has 0 aliphatic heterocycles. The van der Waals surface area contributed by atoms with Crippen molar-refractivity contribution >= 4 is 26.8 Å². The highest BCUT2D eigenvalue weighted by Gasteiger charge is 2.21. The van der Waals surface area contributed by atoms with Crippen molar-refractivity contribution in [3.63, 3.8) is 0 Å². The second kappa shape index (κ2) is 21.9. The SMILES string of the molecule is CCCCCCCCCCCc1c(O)cc(O)cc1C(=O)OC(CCC)CCCCCCCc1cc(OS(=O)(=O)O)cc(OS(=O)(=O)O)c1. The minimum absolute atomic E-state index is 0.0987. The summed E-state index contributed by atoms with van der Waals surface area (Å²) in [5.41, 5.74) is 1.19. The van der Waals surface area contributed by atoms with Crippen molar-refractivity contribution in [2.75, 3.05) is 0 Å². The van der Waals surface area contributed by atoms with Crippen LogP contribution in [-0.4, -0.2) is 48.2 Å². The van der Waals surface area contributed by atoms with Gasteiger partial charge < -0.3 is 23.3 Å². The van der Waals surface area contributed by atoms with E-state index in [0.717, 1.165) is 57.4 Å². The van der Waals surface area contributed by atoms with Crippen molar-refractivity contribution in [2.45, 2.75) is 142 Å². The van der Waals surface area contributed by atoms with E-state index >= 15 is 0 Å². The number of aromatic hydroxyl groups is 2. The lowest BCUT2D eigenvalue weighted by atomic mass is 9.98. The van der Waals surface area contributed by atoms with Crippen molar-refractivity contribution in [1.82, 2.24) is 0 Å². The Balaban J connectivity index is 1.84. The van der Waals surface area contributed by atoms with Crippen molar-refractivity contribution in [1.29, 1.82) is 0 Å². The van der Waals surface area contributed by atoms with Crippen molar-refractivity contribution < 1.29 is 54.1 Å². The molecule has 49 heavy (non-hydrogen) atoms. The number of benzene rings is 2. The van der Waals surface area contributed by atoms with E-state index in [1.54, 1.807) is 0 Å². The number of carbonyl (C=O) groups is 1. The molecule has 0 heterocycles. The summed E-state index contributed by atoms with van der Waals surface area (Å²) < 4.78 is 77.1. The number of carbonyl (C=O) groups excluding carboxylic acids is 1. The third kappa shape index (κ3) is 18.5. The summed E-state index contributed by atoms with van der Waals surface area (Å²) in [5, 5.41) is 20.7. The van der Waals surface area contributed by atoms with E-state index in [2.05, 4.69) is 15.3 Å². The fourth-order valence-electron chi connectivity index (χ4n) is 5.84. The Kier molecular flexibility index (Phi) is 18.8. The van der Waals surface area contributed by atoms with Gasteiger partial charge in [0.1, 0.15) is 29.1 Å². The van der Waals surface area contributed by atoms with Crippen LogP contribution in [0.5, 0.6) is 23.0 Å². The topological polar surface area (TPSA) is 194 Å². The molecule has 0 aromatic heterocycles. The van der Waals surface area contributed by atoms with Crippen LogP contribution in [0.15, 0.2) is 30.3 Å². The van der Waals surface area contributed by atoms with E-state index in [1.165, 1.54) is 62.8 Å². The molecule has 14 heteroatoms. The molecule has 0 bridgehead atoms. The Morgan fingerprint density at radius 3 is 1.67 bits per heavy atom. The number of unbranched alkanes of at least 4 members (excludes halogenated alkanes) is 12. The maximum atomic E-state index is 13.3. The fraction of sp³-hybridized carbons (Fsp3) is 0.629. The van der Waals surface area contributed by atoms with Crippen LogP contribution < -0.4 is 8.37 Å². The summed E-state index contributed by atoms with van der Waals surface area (Å²) in [7, 11) is -9.72. The van der Waals surface area contributed by atoms with E-state index in [-0.39, 0.29) is 34.7 Å². The minimum Gasteiger partial charge on any atom is -0.508 e. The number of hydrogen-bond acceptors (Lipinski definition) is 10. The molecule has 1 atom stereocenters. The van der Waals surface area contributed by atoms with Crippen LogP contribution in [0.1, 0.15) is 144 Å². The van der Waals surface area contributed by atoms with Crippen LogP contribution in [0, 0.1) is 0 Å². The minimum atomic E-state index is -4.86. The molecular formula is C35H54O12S2. The van der Waals surface area contributed by atoms with Gasteiger partial charge in [0.05, 0.1) is 5.56 Å². The summed E-state index contributed by atoms with van der Waals surface area (Å²) in [6.07, 6.45) is 17.2. The van der Waals surface area contributed by atoms with Crippen LogP contribution in [0.2, 0.25) is 0 Å². The molecule has 0 fully saturated rings. The molecule has 0 aliphatic carbocycles. The van der Waals surface area contributed by atoms with Crippen molar-refractivity contribution in [3.05, 3.63) is 47.0 Å². The second-order valence-electron chi connectivity index (χ2n) is 12.5. The van der Waals surface area contributed by atoms with Gasteiger partial charge >= 0.3 is 26.8 Å². The lowest BCUT2D eigenvalue weighted by Crippen LogP contribution is -2.19. The normalized spacial score (nSPS) is 12.5.